The third-order valence-corrected chi connectivity index (χ3v) is 2.98. The minimum Gasteiger partial charge on any atom is -0.384 e. The molecule has 3 N–H and O–H groups in total. The average molecular weight is 247 g/mol. The second kappa shape index (κ2) is 5.06. The van der Waals surface area contributed by atoms with Crippen LogP contribution in [0.15, 0.2) is 18.2 Å². The highest BCUT2D eigenvalue weighted by Crippen LogP contribution is 2.25. The first-order valence-corrected chi connectivity index (χ1v) is 5.59. The molecule has 84 valence electrons. The predicted molar refractivity (Wildman–Crippen MR) is 67.8 cm³/mol. The molecular weight excluding hydrogens is 231 g/mol. The van der Waals surface area contributed by atoms with Crippen LogP contribution in [0.1, 0.15) is 13.8 Å². The topological polar surface area (TPSA) is 38.0 Å². The van der Waals surface area contributed by atoms with E-state index in [-0.39, 0.29) is 5.41 Å². The number of hydrogen-bond donors (Lipinski definition) is 2. The highest BCUT2D eigenvalue weighted by atomic mass is 35.5. The fraction of sp³-hybridized carbons (Fsp3) is 0.455. The molecule has 2 nitrogen and oxygen atoms in total. The lowest BCUT2D eigenvalue weighted by molar-refractivity contribution is 0.405. The summed E-state index contributed by atoms with van der Waals surface area (Å²) in [5.74, 6) is 0. The van der Waals surface area contributed by atoms with Crippen LogP contribution in [0.4, 0.5) is 5.69 Å². The maximum atomic E-state index is 5.90. The molecule has 0 bridgehead atoms. The Morgan fingerprint density at radius 3 is 2.47 bits per heavy atom. The molecule has 0 spiro atoms. The Morgan fingerprint density at radius 2 is 1.93 bits per heavy atom. The highest BCUT2D eigenvalue weighted by molar-refractivity contribution is 6.42. The van der Waals surface area contributed by atoms with E-state index in [4.69, 9.17) is 28.9 Å². The maximum absolute atomic E-state index is 5.90. The highest BCUT2D eigenvalue weighted by Gasteiger charge is 2.14. The van der Waals surface area contributed by atoms with Crippen molar-refractivity contribution in [3.05, 3.63) is 28.2 Å². The maximum Gasteiger partial charge on any atom is 0.0612 e. The number of halogens is 2. The summed E-state index contributed by atoms with van der Waals surface area (Å²) in [6.07, 6.45) is 0. The first kappa shape index (κ1) is 12.6. The van der Waals surface area contributed by atoms with Crippen LogP contribution in [0.5, 0.6) is 0 Å². The third kappa shape index (κ3) is 3.90. The molecule has 0 aliphatic heterocycles. The molecule has 0 aromatic heterocycles. The Hall–Kier alpha value is -0.440. The van der Waals surface area contributed by atoms with Gasteiger partial charge in [-0.05, 0) is 30.2 Å². The van der Waals surface area contributed by atoms with Crippen LogP contribution in [-0.2, 0) is 0 Å². The molecule has 0 radical (unpaired) electrons. The molecule has 0 saturated heterocycles. The zero-order valence-electron chi connectivity index (χ0n) is 8.98. The summed E-state index contributed by atoms with van der Waals surface area (Å²) in [7, 11) is 0. The molecule has 0 fully saturated rings. The van der Waals surface area contributed by atoms with Gasteiger partial charge in [0.1, 0.15) is 0 Å². The van der Waals surface area contributed by atoms with Gasteiger partial charge >= 0.3 is 0 Å². The van der Waals surface area contributed by atoms with Crippen molar-refractivity contribution in [3.63, 3.8) is 0 Å². The molecule has 0 atom stereocenters. The summed E-state index contributed by atoms with van der Waals surface area (Å²) >= 11 is 11.7. The molecule has 0 amide bonds. The van der Waals surface area contributed by atoms with Crippen molar-refractivity contribution < 1.29 is 0 Å². The lowest BCUT2D eigenvalue weighted by Gasteiger charge is -2.23. The van der Waals surface area contributed by atoms with Gasteiger partial charge in [-0.15, -0.1) is 0 Å². The number of hydrogen-bond acceptors (Lipinski definition) is 2. The molecule has 15 heavy (non-hydrogen) atoms. The fourth-order valence-electron chi connectivity index (χ4n) is 1.02. The SMILES string of the molecule is CC(C)(CN)CNc1ccc(Cl)c(Cl)c1. The summed E-state index contributed by atoms with van der Waals surface area (Å²) in [5.41, 5.74) is 6.68. The van der Waals surface area contributed by atoms with Gasteiger partial charge in [-0.25, -0.2) is 0 Å². The summed E-state index contributed by atoms with van der Waals surface area (Å²) in [5, 5.41) is 4.41. The first-order chi connectivity index (χ1) is 6.94. The number of nitrogens with two attached hydrogens (primary N) is 1. The number of rotatable bonds is 4. The Balaban J connectivity index is 2.62. The number of nitrogens with one attached hydrogen (secondary N) is 1. The second-order valence-corrected chi connectivity index (χ2v) is 5.17. The summed E-state index contributed by atoms with van der Waals surface area (Å²) < 4.78 is 0. The molecule has 0 unspecified atom stereocenters. The van der Waals surface area contributed by atoms with E-state index in [1.54, 1.807) is 6.07 Å². The standard InChI is InChI=1S/C11H16Cl2N2/c1-11(2,6-14)7-15-8-3-4-9(12)10(13)5-8/h3-5,15H,6-7,14H2,1-2H3. The van der Waals surface area contributed by atoms with Crippen LogP contribution in [0.3, 0.4) is 0 Å². The average Bonchev–Trinajstić information content (AvgIpc) is 2.20. The van der Waals surface area contributed by atoms with Gasteiger partial charge in [-0.3, -0.25) is 0 Å². The van der Waals surface area contributed by atoms with E-state index in [9.17, 15) is 0 Å². The summed E-state index contributed by atoms with van der Waals surface area (Å²) in [6, 6.07) is 5.50. The van der Waals surface area contributed by atoms with E-state index in [1.807, 2.05) is 12.1 Å². The quantitative estimate of drug-likeness (QED) is 0.855. The minimum atomic E-state index is 0.0755. The van der Waals surface area contributed by atoms with Gasteiger partial charge in [0.2, 0.25) is 0 Å². The summed E-state index contributed by atoms with van der Waals surface area (Å²) in [4.78, 5) is 0. The molecule has 0 aliphatic rings. The Labute approximate surface area is 101 Å². The van der Waals surface area contributed by atoms with Crippen molar-refractivity contribution >= 4 is 28.9 Å². The lowest BCUT2D eigenvalue weighted by atomic mass is 9.94. The van der Waals surface area contributed by atoms with E-state index < -0.39 is 0 Å². The van der Waals surface area contributed by atoms with Gasteiger partial charge in [0, 0.05) is 12.2 Å². The second-order valence-electron chi connectivity index (χ2n) is 4.35. The largest absolute Gasteiger partial charge is 0.384 e. The van der Waals surface area contributed by atoms with E-state index >= 15 is 0 Å². The number of anilines is 1. The van der Waals surface area contributed by atoms with Crippen molar-refractivity contribution in [2.45, 2.75) is 13.8 Å². The van der Waals surface area contributed by atoms with Crippen LogP contribution < -0.4 is 11.1 Å². The van der Waals surface area contributed by atoms with E-state index in [2.05, 4.69) is 19.2 Å². The van der Waals surface area contributed by atoms with Crippen molar-refractivity contribution in [1.82, 2.24) is 0 Å². The van der Waals surface area contributed by atoms with Crippen LogP contribution >= 0.6 is 23.2 Å². The monoisotopic (exact) mass is 246 g/mol. The van der Waals surface area contributed by atoms with Crippen molar-refractivity contribution in [2.75, 3.05) is 18.4 Å². The van der Waals surface area contributed by atoms with Crippen molar-refractivity contribution in [3.8, 4) is 0 Å². The van der Waals surface area contributed by atoms with Gasteiger partial charge in [0.05, 0.1) is 10.0 Å². The van der Waals surface area contributed by atoms with E-state index in [1.165, 1.54) is 0 Å². The van der Waals surface area contributed by atoms with Gasteiger partial charge in [-0.2, -0.15) is 0 Å². The molecule has 1 aromatic carbocycles. The van der Waals surface area contributed by atoms with Gasteiger partial charge in [0.25, 0.3) is 0 Å². The van der Waals surface area contributed by atoms with Gasteiger partial charge in [-0.1, -0.05) is 37.0 Å². The fourth-order valence-corrected chi connectivity index (χ4v) is 1.32. The van der Waals surface area contributed by atoms with Crippen LogP contribution in [-0.4, -0.2) is 13.1 Å². The zero-order valence-corrected chi connectivity index (χ0v) is 10.5. The molecule has 0 heterocycles. The van der Waals surface area contributed by atoms with Crippen LogP contribution in [0, 0.1) is 5.41 Å². The predicted octanol–water partition coefficient (Wildman–Crippen LogP) is 3.39. The Bertz CT molecular complexity index is 337. The minimum absolute atomic E-state index is 0.0755. The molecule has 1 aromatic rings. The zero-order chi connectivity index (χ0) is 11.5. The first-order valence-electron chi connectivity index (χ1n) is 4.83. The summed E-state index contributed by atoms with van der Waals surface area (Å²) in [6.45, 7) is 5.66. The van der Waals surface area contributed by atoms with E-state index in [0.717, 1.165) is 12.2 Å². The Kier molecular flexibility index (Phi) is 4.26. The van der Waals surface area contributed by atoms with Crippen molar-refractivity contribution in [2.24, 2.45) is 11.1 Å². The molecule has 0 aliphatic carbocycles. The van der Waals surface area contributed by atoms with E-state index in [0.29, 0.717) is 16.6 Å². The van der Waals surface area contributed by atoms with Crippen LogP contribution in [0.25, 0.3) is 0 Å². The molecular formula is C11H16Cl2N2. The van der Waals surface area contributed by atoms with Crippen LogP contribution in [0.2, 0.25) is 10.0 Å². The molecule has 1 rings (SSSR count). The van der Waals surface area contributed by atoms with Crippen molar-refractivity contribution in [1.29, 1.82) is 0 Å². The molecule has 4 heteroatoms. The van der Waals surface area contributed by atoms with Gasteiger partial charge in [0.15, 0.2) is 0 Å². The van der Waals surface area contributed by atoms with Gasteiger partial charge < -0.3 is 11.1 Å². The molecule has 0 saturated carbocycles. The lowest BCUT2D eigenvalue weighted by Crippen LogP contribution is -2.31. The Morgan fingerprint density at radius 1 is 1.27 bits per heavy atom. The third-order valence-electron chi connectivity index (χ3n) is 2.24. The normalized spacial score (nSPS) is 11.5. The number of benzene rings is 1. The smallest absolute Gasteiger partial charge is 0.0612 e.